The molecule has 0 aliphatic carbocycles. The molecule has 0 radical (unpaired) electrons. The molecule has 0 saturated heterocycles. The van der Waals surface area contributed by atoms with Gasteiger partial charge in [0.25, 0.3) is 0 Å². The number of nitrogens with two attached hydrogens (primary N) is 1. The maximum atomic E-state index is 9.64. The quantitative estimate of drug-likeness (QED) is 0.456. The summed E-state index contributed by atoms with van der Waals surface area (Å²) >= 11 is 0. The summed E-state index contributed by atoms with van der Waals surface area (Å²) in [5.74, 6) is 1.03. The number of aliphatic hydroxyl groups excluding tert-OH is 1. The molecule has 4 aromatic rings. The molecule has 0 unspecified atom stereocenters. The number of nitrogens with zero attached hydrogens (tertiary/aromatic N) is 2. The summed E-state index contributed by atoms with van der Waals surface area (Å²) in [5.41, 5.74) is 10.4. The maximum absolute atomic E-state index is 9.64. The Kier molecular flexibility index (Phi) is 2.67. The number of nitrogens with one attached hydrogen (secondary N) is 2. The lowest BCUT2D eigenvalue weighted by atomic mass is 10.0. The van der Waals surface area contributed by atoms with Crippen molar-refractivity contribution in [2.24, 2.45) is 0 Å². The third kappa shape index (κ3) is 1.93. The van der Waals surface area contributed by atoms with Gasteiger partial charge in [-0.2, -0.15) is 0 Å². The second-order valence-electron chi connectivity index (χ2n) is 5.36. The average molecular weight is 293 g/mol. The second-order valence-corrected chi connectivity index (χ2v) is 5.36. The zero-order chi connectivity index (χ0) is 15.3. The van der Waals surface area contributed by atoms with Crippen LogP contribution in [0.5, 0.6) is 0 Å². The van der Waals surface area contributed by atoms with Crippen molar-refractivity contribution >= 4 is 27.9 Å². The molecule has 0 aliphatic rings. The molecule has 6 heteroatoms. The van der Waals surface area contributed by atoms with Crippen LogP contribution in [0.1, 0.15) is 18.9 Å². The van der Waals surface area contributed by atoms with Gasteiger partial charge in [0.15, 0.2) is 0 Å². The molecule has 0 fully saturated rings. The fourth-order valence-corrected chi connectivity index (χ4v) is 2.69. The summed E-state index contributed by atoms with van der Waals surface area (Å²) in [6.07, 6.45) is 1.23. The van der Waals surface area contributed by atoms with Gasteiger partial charge in [0, 0.05) is 11.6 Å². The number of hydrogen-bond donors (Lipinski definition) is 4. The van der Waals surface area contributed by atoms with E-state index in [2.05, 4.69) is 19.9 Å². The van der Waals surface area contributed by atoms with Gasteiger partial charge < -0.3 is 20.8 Å². The number of fused-ring (bicyclic) bond motifs is 2. The molecule has 22 heavy (non-hydrogen) atoms. The monoisotopic (exact) mass is 293 g/mol. The van der Waals surface area contributed by atoms with Gasteiger partial charge in [-0.25, -0.2) is 9.97 Å². The lowest BCUT2D eigenvalue weighted by molar-refractivity contribution is 0.190. The summed E-state index contributed by atoms with van der Waals surface area (Å²) in [5, 5.41) is 10.7. The van der Waals surface area contributed by atoms with Gasteiger partial charge >= 0.3 is 0 Å². The molecular formula is C16H15N5O. The second kappa shape index (κ2) is 4.57. The fourth-order valence-electron chi connectivity index (χ4n) is 2.69. The van der Waals surface area contributed by atoms with Crippen LogP contribution in [-0.2, 0) is 0 Å². The highest BCUT2D eigenvalue weighted by molar-refractivity contribution is 5.96. The van der Waals surface area contributed by atoms with Gasteiger partial charge in [-0.05, 0) is 42.3 Å². The van der Waals surface area contributed by atoms with Crippen molar-refractivity contribution in [2.45, 2.75) is 13.0 Å². The Morgan fingerprint density at radius 1 is 1.18 bits per heavy atom. The molecule has 110 valence electrons. The van der Waals surface area contributed by atoms with E-state index >= 15 is 0 Å². The highest BCUT2D eigenvalue weighted by Crippen LogP contribution is 2.31. The normalized spacial score (nSPS) is 13.0. The Bertz CT molecular complexity index is 983. The van der Waals surface area contributed by atoms with Crippen LogP contribution < -0.4 is 5.73 Å². The van der Waals surface area contributed by atoms with Crippen molar-refractivity contribution in [3.63, 3.8) is 0 Å². The molecule has 4 rings (SSSR count). The number of aromatic amines is 2. The summed E-state index contributed by atoms with van der Waals surface area (Å²) in [7, 11) is 0. The molecule has 6 nitrogen and oxygen atoms in total. The largest absolute Gasteiger partial charge is 0.385 e. The van der Waals surface area contributed by atoms with Gasteiger partial charge in [-0.1, -0.05) is 6.07 Å². The highest BCUT2D eigenvalue weighted by Gasteiger charge is 2.11. The molecule has 0 saturated carbocycles. The zero-order valence-electron chi connectivity index (χ0n) is 12.0. The molecule has 1 atom stereocenters. The Morgan fingerprint density at radius 3 is 2.86 bits per heavy atom. The number of hydrogen-bond acceptors (Lipinski definition) is 4. The van der Waals surface area contributed by atoms with Crippen molar-refractivity contribution < 1.29 is 5.11 Å². The number of aliphatic hydroxyl groups is 1. The van der Waals surface area contributed by atoms with Crippen molar-refractivity contribution in [1.29, 1.82) is 0 Å². The summed E-state index contributed by atoms with van der Waals surface area (Å²) in [4.78, 5) is 14.9. The minimum atomic E-state index is -0.621. The number of nitrogen functional groups attached to an aromatic ring is 1. The van der Waals surface area contributed by atoms with E-state index in [-0.39, 0.29) is 0 Å². The Labute approximate surface area is 126 Å². The molecule has 3 heterocycles. The third-order valence-electron chi connectivity index (χ3n) is 3.76. The van der Waals surface area contributed by atoms with Crippen molar-refractivity contribution in [1.82, 2.24) is 19.9 Å². The summed E-state index contributed by atoms with van der Waals surface area (Å²) in [6.45, 7) is 1.69. The number of imidazole rings is 1. The molecule has 0 amide bonds. The first-order chi connectivity index (χ1) is 10.6. The molecule has 0 spiro atoms. The predicted octanol–water partition coefficient (Wildman–Crippen LogP) is 2.74. The van der Waals surface area contributed by atoms with E-state index in [4.69, 9.17) is 5.73 Å². The molecule has 5 N–H and O–H groups in total. The van der Waals surface area contributed by atoms with Crippen LogP contribution in [0.4, 0.5) is 5.82 Å². The van der Waals surface area contributed by atoms with Gasteiger partial charge in [0.2, 0.25) is 0 Å². The minimum absolute atomic E-state index is 0.472. The molecule has 0 aliphatic heterocycles. The van der Waals surface area contributed by atoms with Crippen molar-refractivity contribution in [2.75, 3.05) is 5.73 Å². The lowest BCUT2D eigenvalue weighted by Crippen LogP contribution is -1.92. The molecule has 0 bridgehead atoms. The van der Waals surface area contributed by atoms with E-state index in [0.717, 1.165) is 33.2 Å². The van der Waals surface area contributed by atoms with E-state index in [0.29, 0.717) is 11.6 Å². The van der Waals surface area contributed by atoms with Crippen LogP contribution in [0.25, 0.3) is 33.2 Å². The number of H-pyrrole nitrogens is 2. The minimum Gasteiger partial charge on any atom is -0.385 e. The van der Waals surface area contributed by atoms with Gasteiger partial charge in [-0.3, -0.25) is 0 Å². The van der Waals surface area contributed by atoms with Gasteiger partial charge in [0.1, 0.15) is 23.4 Å². The summed E-state index contributed by atoms with van der Waals surface area (Å²) in [6, 6.07) is 9.78. The predicted molar refractivity (Wildman–Crippen MR) is 86.2 cm³/mol. The van der Waals surface area contributed by atoms with Crippen LogP contribution in [-0.4, -0.2) is 25.0 Å². The van der Waals surface area contributed by atoms with Crippen LogP contribution in [0.3, 0.4) is 0 Å². The Balaban J connectivity index is 1.94. The zero-order valence-corrected chi connectivity index (χ0v) is 12.0. The van der Waals surface area contributed by atoms with Crippen LogP contribution >= 0.6 is 0 Å². The lowest BCUT2D eigenvalue weighted by Gasteiger charge is -2.05. The molecular weight excluding hydrogens is 278 g/mol. The first-order valence-electron chi connectivity index (χ1n) is 7.03. The number of benzene rings is 1. The van der Waals surface area contributed by atoms with E-state index < -0.39 is 6.10 Å². The number of rotatable bonds is 2. The van der Waals surface area contributed by atoms with E-state index in [9.17, 15) is 5.11 Å². The standard InChI is InChI=1S/C16H15N5O/c1-8(22)15-19-12-3-2-9(6-13(12)20-15)11-7-14(17)21-16-10(11)4-5-18-16/h2-8,22H,1H3,(H,19,20)(H3,17,18,21)/t8-/m1/s1. The Hall–Kier alpha value is -2.86. The van der Waals surface area contributed by atoms with E-state index in [1.54, 1.807) is 6.92 Å². The first kappa shape index (κ1) is 12.8. The SMILES string of the molecule is C[C@@H](O)c1nc2ccc(-c3cc(N)nc4[nH]ccc34)cc2[nH]1. The Morgan fingerprint density at radius 2 is 2.05 bits per heavy atom. The van der Waals surface area contributed by atoms with E-state index in [1.165, 1.54) is 0 Å². The average Bonchev–Trinajstić information content (AvgIpc) is 3.11. The topological polar surface area (TPSA) is 104 Å². The molecule has 1 aromatic carbocycles. The molecule has 3 aromatic heterocycles. The smallest absolute Gasteiger partial charge is 0.140 e. The highest BCUT2D eigenvalue weighted by atomic mass is 16.3. The number of pyridine rings is 1. The van der Waals surface area contributed by atoms with Crippen molar-refractivity contribution in [3.05, 3.63) is 42.4 Å². The van der Waals surface area contributed by atoms with E-state index in [1.807, 2.05) is 36.5 Å². The van der Waals surface area contributed by atoms with Crippen molar-refractivity contribution in [3.8, 4) is 11.1 Å². The van der Waals surface area contributed by atoms with Crippen LogP contribution in [0, 0.1) is 0 Å². The van der Waals surface area contributed by atoms with Crippen LogP contribution in [0.15, 0.2) is 36.5 Å². The first-order valence-corrected chi connectivity index (χ1v) is 7.03. The summed E-state index contributed by atoms with van der Waals surface area (Å²) < 4.78 is 0. The van der Waals surface area contributed by atoms with Gasteiger partial charge in [-0.15, -0.1) is 0 Å². The van der Waals surface area contributed by atoms with Crippen LogP contribution in [0.2, 0.25) is 0 Å². The number of anilines is 1. The fraction of sp³-hybridized carbons (Fsp3) is 0.125. The van der Waals surface area contributed by atoms with Gasteiger partial charge in [0.05, 0.1) is 11.0 Å². The third-order valence-corrected chi connectivity index (χ3v) is 3.76. The number of aromatic nitrogens is 4. The maximum Gasteiger partial charge on any atom is 0.140 e.